The first kappa shape index (κ1) is 17.7. The number of nitrogens with one attached hydrogen (secondary N) is 1. The lowest BCUT2D eigenvalue weighted by molar-refractivity contribution is -0.131. The summed E-state index contributed by atoms with van der Waals surface area (Å²) < 4.78 is 4.91. The Morgan fingerprint density at radius 2 is 1.73 bits per heavy atom. The summed E-state index contributed by atoms with van der Waals surface area (Å²) in [5.74, 6) is -0.930. The van der Waals surface area contributed by atoms with Crippen LogP contribution in [0.2, 0.25) is 0 Å². The van der Waals surface area contributed by atoms with Crippen LogP contribution < -0.4 is 5.32 Å². The lowest BCUT2D eigenvalue weighted by Crippen LogP contribution is -2.38. The van der Waals surface area contributed by atoms with Crippen molar-refractivity contribution >= 4 is 17.8 Å². The second-order valence-corrected chi connectivity index (χ2v) is 5.42. The molecule has 6 heteroatoms. The maximum Gasteiger partial charge on any atom is 0.338 e. The van der Waals surface area contributed by atoms with Crippen LogP contribution in [0, 0.1) is 0 Å². The maximum absolute atomic E-state index is 11.8. The number of esters is 1. The number of likely N-dealkylation sites (N-methyl/N-ethyl adjacent to an activating group) is 1. The highest BCUT2D eigenvalue weighted by molar-refractivity contribution is 5.92. The summed E-state index contributed by atoms with van der Waals surface area (Å²) >= 11 is 0. The highest BCUT2D eigenvalue weighted by atomic mass is 16.5. The topological polar surface area (TPSA) is 75.7 Å². The Balaban J connectivity index is 2.42. The fourth-order valence-corrected chi connectivity index (χ4v) is 1.60. The van der Waals surface area contributed by atoms with Gasteiger partial charge in [0.2, 0.25) is 5.91 Å². The van der Waals surface area contributed by atoms with Gasteiger partial charge >= 0.3 is 5.97 Å². The zero-order valence-electron chi connectivity index (χ0n) is 13.4. The Kier molecular flexibility index (Phi) is 6.56. The standard InChI is InChI=1S/C16H22N2O4/c1-11(2)12-5-7-13(8-6-12)16(21)22-10-14(19)17-9-15(20)18(3)4/h5-8,11H,9-10H2,1-4H3,(H,17,19). The van der Waals surface area contributed by atoms with E-state index in [0.717, 1.165) is 5.56 Å². The van der Waals surface area contributed by atoms with Gasteiger partial charge in [0.25, 0.3) is 5.91 Å². The second-order valence-electron chi connectivity index (χ2n) is 5.42. The fourth-order valence-electron chi connectivity index (χ4n) is 1.60. The summed E-state index contributed by atoms with van der Waals surface area (Å²) in [7, 11) is 3.19. The van der Waals surface area contributed by atoms with E-state index >= 15 is 0 Å². The quantitative estimate of drug-likeness (QED) is 0.801. The van der Waals surface area contributed by atoms with Crippen LogP contribution in [0.4, 0.5) is 0 Å². The molecule has 0 atom stereocenters. The molecular formula is C16H22N2O4. The summed E-state index contributed by atoms with van der Waals surface area (Å²) in [6.45, 7) is 3.59. The maximum atomic E-state index is 11.8. The van der Waals surface area contributed by atoms with Crippen molar-refractivity contribution < 1.29 is 19.1 Å². The Labute approximate surface area is 130 Å². The molecule has 0 unspecified atom stereocenters. The van der Waals surface area contributed by atoms with Crippen LogP contribution in [0.15, 0.2) is 24.3 Å². The van der Waals surface area contributed by atoms with Gasteiger partial charge in [0.1, 0.15) is 0 Å². The predicted molar refractivity (Wildman–Crippen MR) is 82.5 cm³/mol. The van der Waals surface area contributed by atoms with Crippen LogP contribution in [0.1, 0.15) is 35.7 Å². The number of hydrogen-bond donors (Lipinski definition) is 1. The van der Waals surface area contributed by atoms with Crippen LogP contribution in [-0.2, 0) is 14.3 Å². The van der Waals surface area contributed by atoms with Gasteiger partial charge in [0, 0.05) is 14.1 Å². The number of hydrogen-bond acceptors (Lipinski definition) is 4. The van der Waals surface area contributed by atoms with Crippen molar-refractivity contribution in [2.45, 2.75) is 19.8 Å². The van der Waals surface area contributed by atoms with E-state index in [2.05, 4.69) is 19.2 Å². The van der Waals surface area contributed by atoms with Crippen molar-refractivity contribution in [2.75, 3.05) is 27.2 Å². The van der Waals surface area contributed by atoms with Gasteiger partial charge in [-0.1, -0.05) is 26.0 Å². The van der Waals surface area contributed by atoms with Crippen LogP contribution in [0.25, 0.3) is 0 Å². The van der Waals surface area contributed by atoms with Crippen molar-refractivity contribution in [2.24, 2.45) is 0 Å². The van der Waals surface area contributed by atoms with Gasteiger partial charge in [-0.3, -0.25) is 9.59 Å². The summed E-state index contributed by atoms with van der Waals surface area (Å²) in [4.78, 5) is 36.0. The minimum Gasteiger partial charge on any atom is -0.452 e. The van der Waals surface area contributed by atoms with Gasteiger partial charge in [0.15, 0.2) is 6.61 Å². The molecule has 1 aromatic carbocycles. The molecular weight excluding hydrogens is 284 g/mol. The summed E-state index contributed by atoms with van der Waals surface area (Å²) in [6.07, 6.45) is 0. The third-order valence-electron chi connectivity index (χ3n) is 3.08. The van der Waals surface area contributed by atoms with Gasteiger partial charge in [-0.25, -0.2) is 4.79 Å². The molecule has 0 aliphatic heterocycles. The molecule has 0 saturated heterocycles. The molecule has 120 valence electrons. The predicted octanol–water partition coefficient (Wildman–Crippen LogP) is 1.17. The number of carbonyl (C=O) groups is 3. The number of carbonyl (C=O) groups excluding carboxylic acids is 3. The zero-order valence-corrected chi connectivity index (χ0v) is 13.4. The van der Waals surface area contributed by atoms with E-state index in [4.69, 9.17) is 4.74 Å². The first-order valence-corrected chi connectivity index (χ1v) is 7.05. The van der Waals surface area contributed by atoms with Crippen LogP contribution in [-0.4, -0.2) is 49.9 Å². The molecule has 1 rings (SSSR count). The zero-order chi connectivity index (χ0) is 16.7. The highest BCUT2D eigenvalue weighted by Crippen LogP contribution is 2.15. The molecule has 22 heavy (non-hydrogen) atoms. The van der Waals surface area contributed by atoms with E-state index in [9.17, 15) is 14.4 Å². The van der Waals surface area contributed by atoms with Crippen molar-refractivity contribution in [3.63, 3.8) is 0 Å². The molecule has 0 radical (unpaired) electrons. The van der Waals surface area contributed by atoms with E-state index in [1.165, 1.54) is 4.90 Å². The largest absolute Gasteiger partial charge is 0.452 e. The second kappa shape index (κ2) is 8.17. The van der Waals surface area contributed by atoms with Gasteiger partial charge in [-0.05, 0) is 23.6 Å². The molecule has 1 aromatic rings. The Morgan fingerprint density at radius 1 is 1.14 bits per heavy atom. The Hall–Kier alpha value is -2.37. The van der Waals surface area contributed by atoms with E-state index in [0.29, 0.717) is 11.5 Å². The van der Waals surface area contributed by atoms with Crippen LogP contribution >= 0.6 is 0 Å². The number of amides is 2. The fraction of sp³-hybridized carbons (Fsp3) is 0.438. The number of ether oxygens (including phenoxy) is 1. The molecule has 6 nitrogen and oxygen atoms in total. The van der Waals surface area contributed by atoms with E-state index in [1.807, 2.05) is 12.1 Å². The molecule has 0 fully saturated rings. The highest BCUT2D eigenvalue weighted by Gasteiger charge is 2.12. The molecule has 0 spiro atoms. The summed E-state index contributed by atoms with van der Waals surface area (Å²) in [6, 6.07) is 7.06. The smallest absolute Gasteiger partial charge is 0.338 e. The van der Waals surface area contributed by atoms with Crippen molar-refractivity contribution in [1.82, 2.24) is 10.2 Å². The third kappa shape index (κ3) is 5.55. The van der Waals surface area contributed by atoms with Crippen molar-refractivity contribution in [3.8, 4) is 0 Å². The third-order valence-corrected chi connectivity index (χ3v) is 3.08. The lowest BCUT2D eigenvalue weighted by atomic mass is 10.0. The molecule has 0 aliphatic carbocycles. The molecule has 1 N–H and O–H groups in total. The van der Waals surface area contributed by atoms with Crippen LogP contribution in [0.3, 0.4) is 0 Å². The number of nitrogens with zero attached hydrogens (tertiary/aromatic N) is 1. The number of benzene rings is 1. The van der Waals surface area contributed by atoms with Gasteiger partial charge in [-0.15, -0.1) is 0 Å². The van der Waals surface area contributed by atoms with Gasteiger partial charge in [-0.2, -0.15) is 0 Å². The van der Waals surface area contributed by atoms with E-state index in [-0.39, 0.29) is 12.5 Å². The van der Waals surface area contributed by atoms with Crippen LogP contribution in [0.5, 0.6) is 0 Å². The Bertz CT molecular complexity index is 536. The van der Waals surface area contributed by atoms with Crippen molar-refractivity contribution in [1.29, 1.82) is 0 Å². The average molecular weight is 306 g/mol. The van der Waals surface area contributed by atoms with Gasteiger partial charge in [0.05, 0.1) is 12.1 Å². The first-order chi connectivity index (χ1) is 10.3. The summed E-state index contributed by atoms with van der Waals surface area (Å²) in [5.41, 5.74) is 1.51. The molecule has 0 saturated carbocycles. The Morgan fingerprint density at radius 3 is 2.23 bits per heavy atom. The monoisotopic (exact) mass is 306 g/mol. The lowest BCUT2D eigenvalue weighted by Gasteiger charge is -2.11. The minimum atomic E-state index is -0.565. The first-order valence-electron chi connectivity index (χ1n) is 7.05. The van der Waals surface area contributed by atoms with E-state index in [1.54, 1.807) is 26.2 Å². The molecule has 0 heterocycles. The SMILES string of the molecule is CC(C)c1ccc(C(=O)OCC(=O)NCC(=O)N(C)C)cc1. The molecule has 0 aliphatic rings. The van der Waals surface area contributed by atoms with E-state index < -0.39 is 18.5 Å². The van der Waals surface area contributed by atoms with Crippen molar-refractivity contribution in [3.05, 3.63) is 35.4 Å². The number of rotatable bonds is 6. The average Bonchev–Trinajstić information content (AvgIpc) is 2.50. The molecule has 0 bridgehead atoms. The normalized spacial score (nSPS) is 10.2. The molecule has 2 amide bonds. The summed E-state index contributed by atoms with van der Waals surface area (Å²) in [5, 5.41) is 2.39. The minimum absolute atomic E-state index is 0.119. The molecule has 0 aromatic heterocycles. The van der Waals surface area contributed by atoms with Gasteiger partial charge < -0.3 is 15.0 Å².